The number of aliphatic carboxylic acids is 1. The lowest BCUT2D eigenvalue weighted by molar-refractivity contribution is -0.148. The van der Waals surface area contributed by atoms with Crippen molar-refractivity contribution in [3.63, 3.8) is 0 Å². The van der Waals surface area contributed by atoms with Crippen molar-refractivity contribution < 1.29 is 24.1 Å². The molecular weight excluding hydrogens is 363 g/mol. The van der Waals surface area contributed by atoms with Gasteiger partial charge in [-0.3, -0.25) is 4.79 Å². The number of rotatable bonds is 11. The zero-order valence-electron chi connectivity index (χ0n) is 12.0. The summed E-state index contributed by atoms with van der Waals surface area (Å²) in [5, 5.41) is 9.10. The Morgan fingerprint density at radius 1 is 1.05 bits per heavy atom. The van der Waals surface area contributed by atoms with Crippen LogP contribution in [0.15, 0.2) is 0 Å². The van der Waals surface area contributed by atoms with E-state index in [1.807, 2.05) is 20.8 Å². The van der Waals surface area contributed by atoms with Crippen LogP contribution in [0.1, 0.15) is 20.8 Å². The Morgan fingerprint density at radius 3 is 1.95 bits per heavy atom. The Kier molecular flexibility index (Phi) is 10.9. The van der Waals surface area contributed by atoms with Crippen molar-refractivity contribution in [3.8, 4) is 0 Å². The van der Waals surface area contributed by atoms with Gasteiger partial charge in [0.2, 0.25) is 0 Å². The van der Waals surface area contributed by atoms with E-state index >= 15 is 0 Å². The standard InChI is InChI=1S/C13H25IO5/c1-13(2,3)11(12(15)16)10-19-9-8-18-7-6-17-5-4-14/h11H,4-10H2,1-3H3,(H,15,16). The summed E-state index contributed by atoms with van der Waals surface area (Å²) in [5.74, 6) is -1.32. The monoisotopic (exact) mass is 388 g/mol. The van der Waals surface area contributed by atoms with Gasteiger partial charge in [-0.15, -0.1) is 0 Å². The quantitative estimate of drug-likeness (QED) is 0.334. The molecule has 0 aliphatic rings. The van der Waals surface area contributed by atoms with Gasteiger partial charge < -0.3 is 19.3 Å². The summed E-state index contributed by atoms with van der Waals surface area (Å²) in [6, 6.07) is 0. The van der Waals surface area contributed by atoms with Gasteiger partial charge in [0.1, 0.15) is 0 Å². The number of hydrogen-bond acceptors (Lipinski definition) is 4. The molecule has 114 valence electrons. The summed E-state index contributed by atoms with van der Waals surface area (Å²) in [6.07, 6.45) is 0. The molecule has 0 aromatic carbocycles. The molecule has 1 unspecified atom stereocenters. The SMILES string of the molecule is CC(C)(C)C(COCCOCCOCCI)C(=O)O. The topological polar surface area (TPSA) is 65.0 Å². The number of carboxylic acids is 1. The Morgan fingerprint density at radius 2 is 1.53 bits per heavy atom. The third-order valence-corrected chi connectivity index (χ3v) is 3.03. The summed E-state index contributed by atoms with van der Waals surface area (Å²) >= 11 is 2.25. The van der Waals surface area contributed by atoms with E-state index in [-0.39, 0.29) is 12.0 Å². The highest BCUT2D eigenvalue weighted by atomic mass is 127. The Balaban J connectivity index is 3.54. The van der Waals surface area contributed by atoms with E-state index in [1.54, 1.807) is 0 Å². The van der Waals surface area contributed by atoms with Gasteiger partial charge in [0.05, 0.1) is 45.6 Å². The van der Waals surface area contributed by atoms with Crippen molar-refractivity contribution in [2.75, 3.05) is 44.1 Å². The summed E-state index contributed by atoms with van der Waals surface area (Å²) in [6.45, 7) is 8.66. The Labute approximate surface area is 129 Å². The fraction of sp³-hybridized carbons (Fsp3) is 0.923. The van der Waals surface area contributed by atoms with Crippen LogP contribution >= 0.6 is 22.6 Å². The van der Waals surface area contributed by atoms with E-state index in [1.165, 1.54) is 0 Å². The third kappa shape index (κ3) is 10.5. The molecule has 0 aliphatic heterocycles. The number of alkyl halides is 1. The van der Waals surface area contributed by atoms with E-state index in [4.69, 9.17) is 19.3 Å². The summed E-state index contributed by atoms with van der Waals surface area (Å²) < 4.78 is 16.9. The van der Waals surface area contributed by atoms with Gasteiger partial charge in [0.25, 0.3) is 0 Å². The molecule has 0 aromatic heterocycles. The van der Waals surface area contributed by atoms with Crippen molar-refractivity contribution in [2.24, 2.45) is 11.3 Å². The molecular formula is C13H25IO5. The average molecular weight is 388 g/mol. The zero-order chi connectivity index (χ0) is 14.7. The molecule has 0 amide bonds. The first kappa shape index (κ1) is 19.1. The van der Waals surface area contributed by atoms with Gasteiger partial charge in [-0.05, 0) is 5.41 Å². The second-order valence-electron chi connectivity index (χ2n) is 5.25. The van der Waals surface area contributed by atoms with Gasteiger partial charge in [-0.25, -0.2) is 0 Å². The van der Waals surface area contributed by atoms with E-state index in [2.05, 4.69) is 22.6 Å². The molecule has 0 saturated heterocycles. The minimum atomic E-state index is -0.819. The highest BCUT2D eigenvalue weighted by Gasteiger charge is 2.31. The minimum absolute atomic E-state index is 0.216. The van der Waals surface area contributed by atoms with Crippen molar-refractivity contribution in [1.29, 1.82) is 0 Å². The van der Waals surface area contributed by atoms with E-state index in [9.17, 15) is 4.79 Å². The first-order chi connectivity index (χ1) is 8.89. The molecule has 0 heterocycles. The second kappa shape index (κ2) is 10.8. The zero-order valence-corrected chi connectivity index (χ0v) is 14.1. The van der Waals surface area contributed by atoms with Gasteiger partial charge in [0, 0.05) is 4.43 Å². The number of carboxylic acid groups (broad SMARTS) is 1. The number of halogens is 1. The highest BCUT2D eigenvalue weighted by molar-refractivity contribution is 14.1. The Hall–Kier alpha value is 0.0800. The van der Waals surface area contributed by atoms with Gasteiger partial charge in [0.15, 0.2) is 0 Å². The molecule has 19 heavy (non-hydrogen) atoms. The van der Waals surface area contributed by atoms with Crippen LogP contribution in [-0.2, 0) is 19.0 Å². The van der Waals surface area contributed by atoms with Crippen molar-refractivity contribution in [2.45, 2.75) is 20.8 Å². The molecule has 0 spiro atoms. The van der Waals surface area contributed by atoms with E-state index < -0.39 is 11.9 Å². The summed E-state index contributed by atoms with van der Waals surface area (Å²) in [7, 11) is 0. The first-order valence-electron chi connectivity index (χ1n) is 6.41. The Bertz CT molecular complexity index is 240. The van der Waals surface area contributed by atoms with E-state index in [0.29, 0.717) is 26.4 Å². The van der Waals surface area contributed by atoms with Crippen LogP contribution in [0.2, 0.25) is 0 Å². The van der Waals surface area contributed by atoms with Crippen LogP contribution in [0.25, 0.3) is 0 Å². The predicted octanol–water partition coefficient (Wildman–Crippen LogP) is 2.22. The molecule has 0 bridgehead atoms. The summed E-state index contributed by atoms with van der Waals surface area (Å²) in [4.78, 5) is 11.1. The van der Waals surface area contributed by atoms with Gasteiger partial charge >= 0.3 is 5.97 Å². The number of ether oxygens (including phenoxy) is 3. The van der Waals surface area contributed by atoms with Crippen molar-refractivity contribution >= 4 is 28.6 Å². The van der Waals surface area contributed by atoms with Gasteiger partial charge in [-0.1, -0.05) is 43.4 Å². The van der Waals surface area contributed by atoms with Crippen LogP contribution in [0.5, 0.6) is 0 Å². The fourth-order valence-electron chi connectivity index (χ4n) is 1.39. The molecule has 0 fully saturated rings. The fourth-order valence-corrected chi connectivity index (χ4v) is 1.70. The lowest BCUT2D eigenvalue weighted by Crippen LogP contribution is -2.32. The molecule has 0 rings (SSSR count). The largest absolute Gasteiger partial charge is 0.481 e. The first-order valence-corrected chi connectivity index (χ1v) is 7.94. The molecule has 0 aliphatic carbocycles. The predicted molar refractivity (Wildman–Crippen MR) is 81.9 cm³/mol. The van der Waals surface area contributed by atoms with Gasteiger partial charge in [-0.2, -0.15) is 0 Å². The van der Waals surface area contributed by atoms with Crippen LogP contribution in [0.3, 0.4) is 0 Å². The maximum Gasteiger partial charge on any atom is 0.309 e. The molecule has 1 atom stereocenters. The maximum absolute atomic E-state index is 11.1. The minimum Gasteiger partial charge on any atom is -0.481 e. The maximum atomic E-state index is 11.1. The second-order valence-corrected chi connectivity index (χ2v) is 6.32. The molecule has 0 aromatic rings. The van der Waals surface area contributed by atoms with Crippen LogP contribution in [-0.4, -0.2) is 55.1 Å². The normalized spacial score (nSPS) is 13.5. The molecule has 5 nitrogen and oxygen atoms in total. The van der Waals surface area contributed by atoms with Crippen LogP contribution in [0, 0.1) is 11.3 Å². The lowest BCUT2D eigenvalue weighted by atomic mass is 9.81. The van der Waals surface area contributed by atoms with E-state index in [0.717, 1.165) is 11.0 Å². The van der Waals surface area contributed by atoms with Crippen molar-refractivity contribution in [3.05, 3.63) is 0 Å². The van der Waals surface area contributed by atoms with Crippen molar-refractivity contribution in [1.82, 2.24) is 0 Å². The smallest absolute Gasteiger partial charge is 0.309 e. The average Bonchev–Trinajstić information content (AvgIpc) is 2.29. The van der Waals surface area contributed by atoms with Crippen LogP contribution < -0.4 is 0 Å². The third-order valence-electron chi connectivity index (χ3n) is 2.59. The lowest BCUT2D eigenvalue weighted by Gasteiger charge is -2.26. The number of hydrogen-bond donors (Lipinski definition) is 1. The molecule has 0 radical (unpaired) electrons. The number of carbonyl (C=O) groups is 1. The summed E-state index contributed by atoms with van der Waals surface area (Å²) in [5.41, 5.74) is -0.306. The molecule has 6 heteroatoms. The molecule has 1 N–H and O–H groups in total. The molecule has 0 saturated carbocycles. The van der Waals surface area contributed by atoms with Crippen LogP contribution in [0.4, 0.5) is 0 Å². The highest BCUT2D eigenvalue weighted by Crippen LogP contribution is 2.26.